The van der Waals surface area contributed by atoms with E-state index in [-0.39, 0.29) is 5.41 Å². The van der Waals surface area contributed by atoms with Gasteiger partial charge in [-0.2, -0.15) is 9.97 Å². The number of anilines is 3. The van der Waals surface area contributed by atoms with Crippen molar-refractivity contribution in [2.75, 3.05) is 30.4 Å². The number of rotatable bonds is 6. The van der Waals surface area contributed by atoms with Crippen LogP contribution in [0.1, 0.15) is 43.9 Å². The van der Waals surface area contributed by atoms with Gasteiger partial charge >= 0.3 is 0 Å². The first-order valence-electron chi connectivity index (χ1n) is 12.7. The first-order valence-corrected chi connectivity index (χ1v) is 12.7. The first kappa shape index (κ1) is 24.1. The number of ether oxygens (including phenoxy) is 1. The molecule has 188 valence electrons. The second-order valence-electron chi connectivity index (χ2n) is 11.0. The topological polar surface area (TPSA) is 68.1 Å². The lowest BCUT2D eigenvalue weighted by molar-refractivity contribution is 0.414. The van der Waals surface area contributed by atoms with Gasteiger partial charge in [-0.3, -0.25) is 0 Å². The molecule has 0 aliphatic carbocycles. The third-order valence-electron chi connectivity index (χ3n) is 7.17. The molecule has 1 fully saturated rings. The Hall–Kier alpha value is -3.61. The molecule has 1 N–H and O–H groups in total. The summed E-state index contributed by atoms with van der Waals surface area (Å²) in [6, 6.07) is 15.0. The summed E-state index contributed by atoms with van der Waals surface area (Å²) in [5.41, 5.74) is 6.55. The molecule has 36 heavy (non-hydrogen) atoms. The normalized spacial score (nSPS) is 16.1. The van der Waals surface area contributed by atoms with E-state index in [1.54, 1.807) is 7.11 Å². The predicted octanol–water partition coefficient (Wildman–Crippen LogP) is 5.79. The summed E-state index contributed by atoms with van der Waals surface area (Å²) in [7, 11) is 3.69. The highest BCUT2D eigenvalue weighted by Gasteiger charge is 2.26. The van der Waals surface area contributed by atoms with Gasteiger partial charge in [-0.05, 0) is 66.0 Å². The average molecular weight is 485 g/mol. The van der Waals surface area contributed by atoms with Crippen LogP contribution in [0.5, 0.6) is 5.75 Å². The molecule has 5 rings (SSSR count). The van der Waals surface area contributed by atoms with E-state index in [1.165, 1.54) is 16.7 Å². The summed E-state index contributed by atoms with van der Waals surface area (Å²) in [4.78, 5) is 16.8. The monoisotopic (exact) mass is 484 g/mol. The van der Waals surface area contributed by atoms with Crippen molar-refractivity contribution in [1.82, 2.24) is 19.5 Å². The summed E-state index contributed by atoms with van der Waals surface area (Å²) in [6.45, 7) is 10.7. The number of hydrogen-bond acceptors (Lipinski definition) is 6. The maximum Gasteiger partial charge on any atom is 0.229 e. The fourth-order valence-corrected chi connectivity index (χ4v) is 4.90. The van der Waals surface area contributed by atoms with Crippen LogP contribution in [0, 0.1) is 12.8 Å². The van der Waals surface area contributed by atoms with Crippen LogP contribution in [0.3, 0.4) is 0 Å². The molecule has 0 saturated carbocycles. The summed E-state index contributed by atoms with van der Waals surface area (Å²) in [6.07, 6.45) is 3.96. The molecule has 3 heterocycles. The second kappa shape index (κ2) is 9.45. The third kappa shape index (κ3) is 4.87. The Balaban J connectivity index is 1.41. The molecule has 1 aliphatic heterocycles. The van der Waals surface area contributed by atoms with Gasteiger partial charge < -0.3 is 19.5 Å². The Morgan fingerprint density at radius 3 is 2.58 bits per heavy atom. The number of fused-ring (bicyclic) bond motifs is 1. The molecule has 1 aliphatic rings. The molecule has 2 aromatic carbocycles. The van der Waals surface area contributed by atoms with Gasteiger partial charge in [-0.25, -0.2) is 4.98 Å². The van der Waals surface area contributed by atoms with Gasteiger partial charge in [0.1, 0.15) is 11.3 Å². The van der Waals surface area contributed by atoms with E-state index in [1.807, 2.05) is 30.1 Å². The zero-order valence-electron chi connectivity index (χ0n) is 22.2. The zero-order valence-corrected chi connectivity index (χ0v) is 22.2. The molecule has 1 atom stereocenters. The number of nitrogens with one attached hydrogen (secondary N) is 1. The van der Waals surface area contributed by atoms with Crippen LogP contribution in [0.2, 0.25) is 0 Å². The van der Waals surface area contributed by atoms with Gasteiger partial charge in [-0.1, -0.05) is 45.0 Å². The SMILES string of the molecule is COc1ccc(CC2CCN(c3nc(Nc4cc(C(C)(C)C)ccc4C)c4c(ncn4C)n3)C2)cc1. The third-order valence-corrected chi connectivity index (χ3v) is 7.17. The molecular formula is C29H36N6O. The van der Waals surface area contributed by atoms with Gasteiger partial charge in [0.2, 0.25) is 5.95 Å². The van der Waals surface area contributed by atoms with Gasteiger partial charge in [0, 0.05) is 25.8 Å². The summed E-state index contributed by atoms with van der Waals surface area (Å²) < 4.78 is 7.28. The van der Waals surface area contributed by atoms with Crippen LogP contribution in [-0.4, -0.2) is 39.7 Å². The lowest BCUT2D eigenvalue weighted by Gasteiger charge is -2.22. The average Bonchev–Trinajstić information content (AvgIpc) is 3.47. The highest BCUT2D eigenvalue weighted by molar-refractivity contribution is 5.87. The minimum Gasteiger partial charge on any atom is -0.497 e. The summed E-state index contributed by atoms with van der Waals surface area (Å²) in [5, 5.41) is 3.63. The van der Waals surface area contributed by atoms with E-state index in [0.717, 1.165) is 54.7 Å². The fourth-order valence-electron chi connectivity index (χ4n) is 4.90. The molecule has 1 unspecified atom stereocenters. The largest absolute Gasteiger partial charge is 0.497 e. The van der Waals surface area contributed by atoms with Crippen LogP contribution >= 0.6 is 0 Å². The van der Waals surface area contributed by atoms with E-state index < -0.39 is 0 Å². The Morgan fingerprint density at radius 1 is 1.08 bits per heavy atom. The molecule has 2 aromatic heterocycles. The Labute approximate surface area is 213 Å². The first-order chi connectivity index (χ1) is 17.2. The molecule has 7 heteroatoms. The predicted molar refractivity (Wildman–Crippen MR) is 146 cm³/mol. The number of nitrogens with zero attached hydrogens (tertiary/aromatic N) is 5. The van der Waals surface area contributed by atoms with Crippen molar-refractivity contribution in [3.63, 3.8) is 0 Å². The fraction of sp³-hybridized carbons (Fsp3) is 0.414. The number of aryl methyl sites for hydroxylation is 2. The summed E-state index contributed by atoms with van der Waals surface area (Å²) in [5.74, 6) is 2.99. The number of aromatic nitrogens is 4. The van der Waals surface area contributed by atoms with Crippen molar-refractivity contribution in [3.8, 4) is 5.75 Å². The van der Waals surface area contributed by atoms with Gasteiger partial charge in [0.25, 0.3) is 0 Å². The van der Waals surface area contributed by atoms with Crippen molar-refractivity contribution >= 4 is 28.6 Å². The molecule has 0 spiro atoms. The Morgan fingerprint density at radius 2 is 1.86 bits per heavy atom. The van der Waals surface area contributed by atoms with Crippen LogP contribution in [0.25, 0.3) is 11.2 Å². The van der Waals surface area contributed by atoms with Crippen molar-refractivity contribution in [3.05, 3.63) is 65.5 Å². The van der Waals surface area contributed by atoms with Crippen molar-refractivity contribution in [2.24, 2.45) is 13.0 Å². The molecule has 4 aromatic rings. The quantitative estimate of drug-likeness (QED) is 0.374. The Kier molecular flexibility index (Phi) is 6.33. The van der Waals surface area contributed by atoms with E-state index in [4.69, 9.17) is 14.7 Å². The molecule has 1 saturated heterocycles. The van der Waals surface area contributed by atoms with Gasteiger partial charge in [-0.15, -0.1) is 0 Å². The minimum atomic E-state index is 0.0667. The lowest BCUT2D eigenvalue weighted by Crippen LogP contribution is -2.23. The van der Waals surface area contributed by atoms with E-state index in [2.05, 4.69) is 73.2 Å². The molecule has 0 bridgehead atoms. The van der Waals surface area contributed by atoms with E-state index in [9.17, 15) is 0 Å². The zero-order chi connectivity index (χ0) is 25.4. The van der Waals surface area contributed by atoms with E-state index in [0.29, 0.717) is 11.6 Å². The van der Waals surface area contributed by atoms with Crippen molar-refractivity contribution in [2.45, 2.75) is 46.0 Å². The maximum atomic E-state index is 5.30. The lowest BCUT2D eigenvalue weighted by atomic mass is 9.86. The number of imidazole rings is 1. The highest BCUT2D eigenvalue weighted by Crippen LogP contribution is 2.32. The standard InChI is InChI=1S/C29H36N6O/c1-19-7-10-22(29(2,3)4)16-24(19)31-27-25-26(30-18-34(25)5)32-28(33-27)35-14-13-21(17-35)15-20-8-11-23(36-6)12-9-20/h7-12,16,18,21H,13-15,17H2,1-6H3,(H,31,32,33). The van der Waals surface area contributed by atoms with Crippen molar-refractivity contribution < 1.29 is 4.74 Å². The molecular weight excluding hydrogens is 448 g/mol. The van der Waals surface area contributed by atoms with Crippen LogP contribution < -0.4 is 15.0 Å². The number of benzene rings is 2. The number of methoxy groups -OCH3 is 1. The van der Waals surface area contributed by atoms with E-state index >= 15 is 0 Å². The van der Waals surface area contributed by atoms with Gasteiger partial charge in [0.05, 0.1) is 13.4 Å². The number of hydrogen-bond donors (Lipinski definition) is 1. The molecule has 0 radical (unpaired) electrons. The smallest absolute Gasteiger partial charge is 0.229 e. The van der Waals surface area contributed by atoms with Crippen molar-refractivity contribution in [1.29, 1.82) is 0 Å². The van der Waals surface area contributed by atoms with Crippen LogP contribution in [0.15, 0.2) is 48.8 Å². The van der Waals surface area contributed by atoms with Gasteiger partial charge in [0.15, 0.2) is 11.5 Å². The Bertz CT molecular complexity index is 1370. The maximum absolute atomic E-state index is 5.30. The second-order valence-corrected chi connectivity index (χ2v) is 11.0. The highest BCUT2D eigenvalue weighted by atomic mass is 16.5. The van der Waals surface area contributed by atoms with Crippen LogP contribution in [-0.2, 0) is 18.9 Å². The molecule has 0 amide bonds. The molecule has 7 nitrogen and oxygen atoms in total. The van der Waals surface area contributed by atoms with Crippen LogP contribution in [0.4, 0.5) is 17.5 Å². The summed E-state index contributed by atoms with van der Waals surface area (Å²) >= 11 is 0. The minimum absolute atomic E-state index is 0.0667.